The summed E-state index contributed by atoms with van der Waals surface area (Å²) in [5.74, 6) is 2.00. The second-order valence-electron chi connectivity index (χ2n) is 6.87. The van der Waals surface area contributed by atoms with Gasteiger partial charge in [-0.2, -0.15) is 4.98 Å². The molecule has 1 fully saturated rings. The van der Waals surface area contributed by atoms with Gasteiger partial charge in [-0.25, -0.2) is 0 Å². The van der Waals surface area contributed by atoms with E-state index >= 15 is 0 Å². The molecule has 0 saturated carbocycles. The molecule has 146 valence electrons. The van der Waals surface area contributed by atoms with Crippen molar-refractivity contribution in [3.8, 4) is 11.4 Å². The van der Waals surface area contributed by atoms with Gasteiger partial charge in [0, 0.05) is 16.5 Å². The molecule has 1 aliphatic heterocycles. The van der Waals surface area contributed by atoms with Crippen molar-refractivity contribution in [2.45, 2.75) is 25.9 Å². The highest BCUT2D eigenvalue weighted by Gasteiger charge is 2.26. The second kappa shape index (κ2) is 8.58. The number of likely N-dealkylation sites (tertiary alicyclic amines) is 1. The van der Waals surface area contributed by atoms with Crippen LogP contribution in [0, 0.1) is 5.92 Å². The molecule has 8 heteroatoms. The first-order chi connectivity index (χ1) is 13.7. The summed E-state index contributed by atoms with van der Waals surface area (Å²) in [4.78, 5) is 19.0. The van der Waals surface area contributed by atoms with Gasteiger partial charge in [0.2, 0.25) is 17.6 Å². The summed E-state index contributed by atoms with van der Waals surface area (Å²) in [7, 11) is 0. The van der Waals surface area contributed by atoms with Gasteiger partial charge in [-0.1, -0.05) is 16.8 Å². The van der Waals surface area contributed by atoms with Crippen LogP contribution in [0.1, 0.15) is 24.5 Å². The number of aromatic nitrogens is 2. The van der Waals surface area contributed by atoms with Crippen LogP contribution in [-0.4, -0.2) is 34.0 Å². The fourth-order valence-electron chi connectivity index (χ4n) is 3.31. The summed E-state index contributed by atoms with van der Waals surface area (Å²) in [5, 5.41) is 7.66. The number of amides is 1. The Hall–Kier alpha value is -2.64. The molecule has 0 radical (unpaired) electrons. The summed E-state index contributed by atoms with van der Waals surface area (Å²) in [5.41, 5.74) is 0.867. The van der Waals surface area contributed by atoms with Gasteiger partial charge in [-0.15, -0.1) is 0 Å². The number of carbonyl (C=O) groups is 1. The number of hydrogen-bond donors (Lipinski definition) is 1. The van der Waals surface area contributed by atoms with E-state index in [-0.39, 0.29) is 11.8 Å². The molecule has 0 atom stereocenters. The van der Waals surface area contributed by atoms with E-state index in [0.29, 0.717) is 29.8 Å². The van der Waals surface area contributed by atoms with Crippen LogP contribution in [0.5, 0.6) is 0 Å². The third-order valence-corrected chi connectivity index (χ3v) is 5.16. The highest BCUT2D eigenvalue weighted by atomic mass is 35.5. The van der Waals surface area contributed by atoms with E-state index in [1.54, 1.807) is 18.4 Å². The predicted octanol–water partition coefficient (Wildman–Crippen LogP) is 3.51. The number of nitrogens with zero attached hydrogens (tertiary/aromatic N) is 3. The number of nitrogens with one attached hydrogen (secondary N) is 1. The van der Waals surface area contributed by atoms with Crippen molar-refractivity contribution in [2.75, 3.05) is 13.1 Å². The lowest BCUT2D eigenvalue weighted by Gasteiger charge is -2.30. The van der Waals surface area contributed by atoms with Crippen LogP contribution in [0.4, 0.5) is 0 Å². The molecule has 1 amide bonds. The minimum Gasteiger partial charge on any atom is -0.467 e. The van der Waals surface area contributed by atoms with Gasteiger partial charge in [-0.3, -0.25) is 9.69 Å². The number of carbonyl (C=O) groups excluding carboxylic acids is 1. The minimum atomic E-state index is 0.0264. The molecule has 2 aromatic heterocycles. The van der Waals surface area contributed by atoms with E-state index in [1.807, 2.05) is 24.3 Å². The molecule has 4 rings (SSSR count). The fraction of sp³-hybridized carbons (Fsp3) is 0.350. The first-order valence-corrected chi connectivity index (χ1v) is 9.66. The van der Waals surface area contributed by atoms with Crippen molar-refractivity contribution in [3.05, 3.63) is 59.3 Å². The SMILES string of the molecule is O=C(NCc1ccco1)C1CCN(Cc2nc(-c3ccc(Cl)cc3)no2)CC1. The highest BCUT2D eigenvalue weighted by Crippen LogP contribution is 2.21. The Morgan fingerprint density at radius 2 is 2.00 bits per heavy atom. The fourth-order valence-corrected chi connectivity index (χ4v) is 3.44. The molecule has 1 aliphatic rings. The number of piperidine rings is 1. The van der Waals surface area contributed by atoms with Crippen LogP contribution in [0.25, 0.3) is 11.4 Å². The van der Waals surface area contributed by atoms with Crippen molar-refractivity contribution in [1.29, 1.82) is 0 Å². The third kappa shape index (κ3) is 4.61. The van der Waals surface area contributed by atoms with E-state index in [9.17, 15) is 4.79 Å². The van der Waals surface area contributed by atoms with Crippen LogP contribution in [0.3, 0.4) is 0 Å². The Morgan fingerprint density at radius 1 is 1.21 bits per heavy atom. The smallest absolute Gasteiger partial charge is 0.241 e. The van der Waals surface area contributed by atoms with Gasteiger partial charge in [0.25, 0.3) is 0 Å². The largest absolute Gasteiger partial charge is 0.467 e. The van der Waals surface area contributed by atoms with E-state index in [0.717, 1.165) is 37.3 Å². The number of hydrogen-bond acceptors (Lipinski definition) is 6. The normalized spacial score (nSPS) is 15.6. The Labute approximate surface area is 167 Å². The minimum absolute atomic E-state index is 0.0264. The lowest BCUT2D eigenvalue weighted by Crippen LogP contribution is -2.40. The summed E-state index contributed by atoms with van der Waals surface area (Å²) >= 11 is 5.91. The maximum atomic E-state index is 12.3. The van der Waals surface area contributed by atoms with Crippen LogP contribution < -0.4 is 5.32 Å². The van der Waals surface area contributed by atoms with Gasteiger partial charge in [0.1, 0.15) is 5.76 Å². The molecule has 3 aromatic rings. The molecule has 1 aromatic carbocycles. The molecular weight excluding hydrogens is 380 g/mol. The van der Waals surface area contributed by atoms with E-state index < -0.39 is 0 Å². The molecule has 28 heavy (non-hydrogen) atoms. The van der Waals surface area contributed by atoms with Gasteiger partial charge < -0.3 is 14.3 Å². The Kier molecular flexibility index (Phi) is 5.73. The summed E-state index contributed by atoms with van der Waals surface area (Å²) in [6, 6.07) is 11.0. The lowest BCUT2D eigenvalue weighted by atomic mass is 9.96. The number of rotatable bonds is 6. The van der Waals surface area contributed by atoms with Crippen molar-refractivity contribution in [1.82, 2.24) is 20.4 Å². The van der Waals surface area contributed by atoms with E-state index in [2.05, 4.69) is 20.4 Å². The first kappa shape index (κ1) is 18.7. The maximum absolute atomic E-state index is 12.3. The first-order valence-electron chi connectivity index (χ1n) is 9.28. The van der Waals surface area contributed by atoms with E-state index in [4.69, 9.17) is 20.5 Å². The van der Waals surface area contributed by atoms with Crippen LogP contribution in [0.2, 0.25) is 5.02 Å². The average molecular weight is 401 g/mol. The predicted molar refractivity (Wildman–Crippen MR) is 103 cm³/mol. The van der Waals surface area contributed by atoms with Gasteiger partial charge >= 0.3 is 0 Å². The lowest BCUT2D eigenvalue weighted by molar-refractivity contribution is -0.126. The molecular formula is C20H21ClN4O3. The summed E-state index contributed by atoms with van der Waals surface area (Å²) in [6.45, 7) is 2.65. The highest BCUT2D eigenvalue weighted by molar-refractivity contribution is 6.30. The van der Waals surface area contributed by atoms with Crippen LogP contribution >= 0.6 is 11.6 Å². The zero-order valence-electron chi connectivity index (χ0n) is 15.3. The van der Waals surface area contributed by atoms with Crippen LogP contribution in [-0.2, 0) is 17.9 Å². The second-order valence-corrected chi connectivity index (χ2v) is 7.30. The number of benzene rings is 1. The topological polar surface area (TPSA) is 84.4 Å². The zero-order chi connectivity index (χ0) is 19.3. The number of halogens is 1. The van der Waals surface area contributed by atoms with Crippen molar-refractivity contribution in [3.63, 3.8) is 0 Å². The molecule has 0 unspecified atom stereocenters. The van der Waals surface area contributed by atoms with Crippen molar-refractivity contribution < 1.29 is 13.7 Å². The summed E-state index contributed by atoms with van der Waals surface area (Å²) < 4.78 is 10.6. The molecule has 0 aliphatic carbocycles. The maximum Gasteiger partial charge on any atom is 0.241 e. The van der Waals surface area contributed by atoms with Crippen LogP contribution in [0.15, 0.2) is 51.6 Å². The molecule has 1 saturated heterocycles. The molecule has 3 heterocycles. The molecule has 0 bridgehead atoms. The van der Waals surface area contributed by atoms with Gasteiger partial charge in [-0.05, 0) is 62.3 Å². The Morgan fingerprint density at radius 3 is 2.71 bits per heavy atom. The Bertz CT molecular complexity index is 900. The van der Waals surface area contributed by atoms with Crippen molar-refractivity contribution in [2.24, 2.45) is 5.92 Å². The van der Waals surface area contributed by atoms with Crippen molar-refractivity contribution >= 4 is 17.5 Å². The standard InChI is InChI=1S/C20H21ClN4O3/c21-16-5-3-14(4-6-16)19-23-18(28-24-19)13-25-9-7-15(8-10-25)20(26)22-12-17-2-1-11-27-17/h1-6,11,15H,7-10,12-13H2,(H,22,26). The monoisotopic (exact) mass is 400 g/mol. The van der Waals surface area contributed by atoms with Gasteiger partial charge in [0.15, 0.2) is 0 Å². The molecule has 7 nitrogen and oxygen atoms in total. The average Bonchev–Trinajstić information content (AvgIpc) is 3.39. The van der Waals surface area contributed by atoms with E-state index in [1.165, 1.54) is 0 Å². The zero-order valence-corrected chi connectivity index (χ0v) is 16.1. The number of furan rings is 1. The summed E-state index contributed by atoms with van der Waals surface area (Å²) in [6.07, 6.45) is 3.22. The quantitative estimate of drug-likeness (QED) is 0.681. The Balaban J connectivity index is 1.25. The third-order valence-electron chi connectivity index (χ3n) is 4.90. The molecule has 0 spiro atoms. The molecule has 1 N–H and O–H groups in total. The van der Waals surface area contributed by atoms with Gasteiger partial charge in [0.05, 0.1) is 19.4 Å².